The van der Waals surface area contributed by atoms with Crippen LogP contribution in [0.25, 0.3) is 0 Å². The Balaban J connectivity index is 1.71. The Kier molecular flexibility index (Phi) is 3.96. The highest BCUT2D eigenvalue weighted by molar-refractivity contribution is 6.01. The fourth-order valence-electron chi connectivity index (χ4n) is 4.28. The van der Waals surface area contributed by atoms with E-state index < -0.39 is 0 Å². The number of hydrogen-bond donors (Lipinski definition) is 0. The van der Waals surface area contributed by atoms with Gasteiger partial charge in [0.2, 0.25) is 0 Å². The van der Waals surface area contributed by atoms with E-state index in [2.05, 4.69) is 9.88 Å². The van der Waals surface area contributed by atoms with E-state index in [-0.39, 0.29) is 11.7 Å². The number of benzene rings is 1. The molecule has 0 spiro atoms. The van der Waals surface area contributed by atoms with E-state index in [1.165, 1.54) is 25.9 Å². The molecule has 3 nitrogen and oxygen atoms in total. The molecule has 0 N–H and O–H groups in total. The summed E-state index contributed by atoms with van der Waals surface area (Å²) in [5.74, 6) is 1.15. The summed E-state index contributed by atoms with van der Waals surface area (Å²) in [6, 6.07) is 15.6. The largest absolute Gasteiger partial charge is 0.303 e. The summed E-state index contributed by atoms with van der Waals surface area (Å²) < 4.78 is 0. The van der Waals surface area contributed by atoms with Crippen LogP contribution in [0, 0.1) is 11.8 Å². The van der Waals surface area contributed by atoms with E-state index >= 15 is 0 Å². The third kappa shape index (κ3) is 2.81. The van der Waals surface area contributed by atoms with Gasteiger partial charge in [-0.2, -0.15) is 0 Å². The number of aromatic nitrogens is 1. The molecule has 0 radical (unpaired) electrons. The highest BCUT2D eigenvalue weighted by Crippen LogP contribution is 2.41. The molecule has 3 aliphatic heterocycles. The normalized spacial score (nSPS) is 27.6. The third-order valence-corrected chi connectivity index (χ3v) is 5.48. The molecule has 3 heteroatoms. The first-order valence-electron chi connectivity index (χ1n) is 8.55. The molecule has 118 valence electrons. The zero-order valence-electron chi connectivity index (χ0n) is 13.3. The van der Waals surface area contributed by atoms with Crippen LogP contribution < -0.4 is 0 Å². The maximum Gasteiger partial charge on any atom is 0.172 e. The Morgan fingerprint density at radius 2 is 1.78 bits per heavy atom. The topological polar surface area (TPSA) is 33.2 Å². The monoisotopic (exact) mass is 306 g/mol. The third-order valence-electron chi connectivity index (χ3n) is 5.48. The molecular weight excluding hydrogens is 284 g/mol. The number of pyridine rings is 1. The van der Waals surface area contributed by atoms with E-state index in [9.17, 15) is 4.79 Å². The Morgan fingerprint density at radius 1 is 1.04 bits per heavy atom. The first kappa shape index (κ1) is 14.6. The van der Waals surface area contributed by atoms with Gasteiger partial charge < -0.3 is 4.90 Å². The molecule has 3 saturated heterocycles. The van der Waals surface area contributed by atoms with Crippen molar-refractivity contribution in [1.29, 1.82) is 0 Å². The predicted octanol–water partition coefficient (Wildman–Crippen LogP) is 3.39. The van der Waals surface area contributed by atoms with Gasteiger partial charge in [-0.05, 0) is 49.9 Å². The summed E-state index contributed by atoms with van der Waals surface area (Å²) in [4.78, 5) is 20.3. The average Bonchev–Trinajstić information content (AvgIpc) is 2.64. The second kappa shape index (κ2) is 6.25. The average molecular weight is 306 g/mol. The minimum Gasteiger partial charge on any atom is -0.303 e. The molecular formula is C20H22N2O. The fourth-order valence-corrected chi connectivity index (χ4v) is 4.28. The van der Waals surface area contributed by atoms with Crippen molar-refractivity contribution in [3.05, 3.63) is 66.0 Å². The number of rotatable bonds is 4. The quantitative estimate of drug-likeness (QED) is 0.812. The van der Waals surface area contributed by atoms with Gasteiger partial charge in [0.1, 0.15) is 0 Å². The summed E-state index contributed by atoms with van der Waals surface area (Å²) >= 11 is 0. The molecule has 5 rings (SSSR count). The van der Waals surface area contributed by atoms with E-state index in [4.69, 9.17) is 0 Å². The van der Waals surface area contributed by atoms with Gasteiger partial charge in [0.15, 0.2) is 5.78 Å². The lowest BCUT2D eigenvalue weighted by atomic mass is 9.69. The molecule has 0 aliphatic carbocycles. The van der Waals surface area contributed by atoms with Gasteiger partial charge in [0.05, 0.1) is 11.6 Å². The lowest BCUT2D eigenvalue weighted by molar-refractivity contribution is 0.0340. The van der Waals surface area contributed by atoms with Crippen molar-refractivity contribution in [2.75, 3.05) is 19.6 Å². The minimum absolute atomic E-state index is 0.119. The van der Waals surface area contributed by atoms with E-state index in [1.807, 2.05) is 54.7 Å². The zero-order valence-corrected chi connectivity index (χ0v) is 13.3. The molecule has 3 fully saturated rings. The molecule has 1 aromatic heterocycles. The molecule has 23 heavy (non-hydrogen) atoms. The maximum absolute atomic E-state index is 13.3. The summed E-state index contributed by atoms with van der Waals surface area (Å²) in [5.41, 5.74) is 1.74. The van der Waals surface area contributed by atoms with Crippen LogP contribution in [0.15, 0.2) is 54.7 Å². The molecule has 2 bridgehead atoms. The van der Waals surface area contributed by atoms with Crippen molar-refractivity contribution in [3.8, 4) is 0 Å². The van der Waals surface area contributed by atoms with E-state index in [0.717, 1.165) is 17.8 Å². The second-order valence-electron chi connectivity index (χ2n) is 6.76. The van der Waals surface area contributed by atoms with Crippen LogP contribution in [0.4, 0.5) is 0 Å². The van der Waals surface area contributed by atoms with Crippen LogP contribution in [0.2, 0.25) is 0 Å². The number of piperidine rings is 3. The van der Waals surface area contributed by atoms with Crippen LogP contribution >= 0.6 is 0 Å². The van der Waals surface area contributed by atoms with Crippen LogP contribution in [0.5, 0.6) is 0 Å². The van der Waals surface area contributed by atoms with Crippen molar-refractivity contribution >= 4 is 5.78 Å². The van der Waals surface area contributed by atoms with E-state index in [0.29, 0.717) is 11.8 Å². The summed E-state index contributed by atoms with van der Waals surface area (Å²) in [5, 5.41) is 0. The van der Waals surface area contributed by atoms with Gasteiger partial charge in [0.25, 0.3) is 0 Å². The minimum atomic E-state index is -0.119. The number of nitrogens with zero attached hydrogens (tertiary/aromatic N) is 2. The Bertz CT molecular complexity index is 663. The van der Waals surface area contributed by atoms with Gasteiger partial charge in [-0.1, -0.05) is 36.4 Å². The standard InChI is InChI=1S/C20H22N2O/c23-20(16-6-2-1-3-7-16)19(18-8-4-5-11-21-18)17-14-22-12-9-15(17)10-13-22/h1-8,11,15,17,19H,9-10,12-14H2/t17-,19-/m1/s1. The highest BCUT2D eigenvalue weighted by atomic mass is 16.1. The Hall–Kier alpha value is -2.00. The van der Waals surface area contributed by atoms with Crippen LogP contribution in [0.1, 0.15) is 34.8 Å². The van der Waals surface area contributed by atoms with Gasteiger partial charge in [0, 0.05) is 18.3 Å². The van der Waals surface area contributed by atoms with E-state index in [1.54, 1.807) is 0 Å². The first-order chi connectivity index (χ1) is 11.3. The molecule has 4 heterocycles. The van der Waals surface area contributed by atoms with Gasteiger partial charge in [-0.25, -0.2) is 0 Å². The number of Topliss-reactive ketones (excluding diaryl/α,β-unsaturated/α-hetero) is 1. The summed E-state index contributed by atoms with van der Waals surface area (Å²) in [7, 11) is 0. The maximum atomic E-state index is 13.3. The van der Waals surface area contributed by atoms with Crippen molar-refractivity contribution in [2.45, 2.75) is 18.8 Å². The lowest BCUT2D eigenvalue weighted by Gasteiger charge is -2.47. The molecule has 0 amide bonds. The lowest BCUT2D eigenvalue weighted by Crippen LogP contribution is -2.50. The molecule has 2 atom stereocenters. The molecule has 0 saturated carbocycles. The first-order valence-corrected chi connectivity index (χ1v) is 8.55. The van der Waals surface area contributed by atoms with Crippen LogP contribution in [-0.2, 0) is 0 Å². The molecule has 3 aliphatic rings. The van der Waals surface area contributed by atoms with Gasteiger partial charge in [-0.3, -0.25) is 9.78 Å². The van der Waals surface area contributed by atoms with Crippen LogP contribution in [0.3, 0.4) is 0 Å². The van der Waals surface area contributed by atoms with Crippen LogP contribution in [-0.4, -0.2) is 35.3 Å². The van der Waals surface area contributed by atoms with Crippen molar-refractivity contribution in [3.63, 3.8) is 0 Å². The van der Waals surface area contributed by atoms with Crippen molar-refractivity contribution in [1.82, 2.24) is 9.88 Å². The van der Waals surface area contributed by atoms with Crippen molar-refractivity contribution in [2.24, 2.45) is 11.8 Å². The smallest absolute Gasteiger partial charge is 0.172 e. The molecule has 2 aromatic rings. The summed E-state index contributed by atoms with van der Waals surface area (Å²) in [6.07, 6.45) is 4.24. The summed E-state index contributed by atoms with van der Waals surface area (Å²) in [6.45, 7) is 3.41. The Morgan fingerprint density at radius 3 is 2.39 bits per heavy atom. The second-order valence-corrected chi connectivity index (χ2v) is 6.76. The van der Waals surface area contributed by atoms with Gasteiger partial charge in [-0.15, -0.1) is 0 Å². The number of carbonyl (C=O) groups is 1. The number of ketones is 1. The number of carbonyl (C=O) groups excluding carboxylic acids is 1. The number of hydrogen-bond acceptors (Lipinski definition) is 3. The van der Waals surface area contributed by atoms with Gasteiger partial charge >= 0.3 is 0 Å². The fraction of sp³-hybridized carbons (Fsp3) is 0.400. The SMILES string of the molecule is O=C(c1ccccc1)[C@@H](c1ccccn1)[C@@H]1CN2CCC1CC2. The molecule has 0 unspecified atom stereocenters. The Labute approximate surface area is 137 Å². The predicted molar refractivity (Wildman–Crippen MR) is 90.4 cm³/mol. The zero-order chi connectivity index (χ0) is 15.6. The molecule has 1 aromatic carbocycles. The van der Waals surface area contributed by atoms with Crippen molar-refractivity contribution < 1.29 is 4.79 Å². The number of fused-ring (bicyclic) bond motifs is 3. The highest BCUT2D eigenvalue weighted by Gasteiger charge is 2.42.